The van der Waals surface area contributed by atoms with Gasteiger partial charge in [0.15, 0.2) is 5.78 Å². The molecule has 0 bridgehead atoms. The molecule has 5 rings (SSSR count). The Morgan fingerprint density at radius 1 is 0.923 bits per heavy atom. The number of nitrogens with zero attached hydrogens (tertiary/aromatic N) is 1. The molecule has 0 radical (unpaired) electrons. The zero-order valence-corrected chi connectivity index (χ0v) is 21.6. The van der Waals surface area contributed by atoms with Gasteiger partial charge in [0.25, 0.3) is 0 Å². The summed E-state index contributed by atoms with van der Waals surface area (Å²) in [6, 6.07) is 14.6. The fourth-order valence-corrected chi connectivity index (χ4v) is 5.93. The summed E-state index contributed by atoms with van der Waals surface area (Å²) in [5.41, 5.74) is 1.09. The molecule has 4 atom stereocenters. The number of amides is 2. The molecule has 2 aliphatic heterocycles. The number of hydrogen-bond donors (Lipinski definition) is 4. The lowest BCUT2D eigenvalue weighted by Crippen LogP contribution is -2.57. The average molecular weight is 529 g/mol. The van der Waals surface area contributed by atoms with Crippen LogP contribution in [0.25, 0.3) is 0 Å². The number of rotatable bonds is 6. The van der Waals surface area contributed by atoms with Crippen LogP contribution in [0, 0.1) is 25.7 Å². The molecule has 2 saturated heterocycles. The number of hydrogen-bond acceptors (Lipinski definition) is 7. The number of Topliss-reactive ketones (excluding diaryl/α,β-unsaturated/α-hetero) is 1. The number of fused-ring (bicyclic) bond motifs is 1. The van der Waals surface area contributed by atoms with Crippen molar-refractivity contribution in [2.24, 2.45) is 11.8 Å². The van der Waals surface area contributed by atoms with Crippen molar-refractivity contribution in [2.75, 3.05) is 4.90 Å². The van der Waals surface area contributed by atoms with Crippen molar-refractivity contribution in [3.63, 3.8) is 0 Å². The summed E-state index contributed by atoms with van der Waals surface area (Å²) in [6.07, 6.45) is -0.119. The van der Waals surface area contributed by atoms with Crippen LogP contribution in [0.15, 0.2) is 60.7 Å². The summed E-state index contributed by atoms with van der Waals surface area (Å²) >= 11 is 0. The van der Waals surface area contributed by atoms with Crippen molar-refractivity contribution in [1.82, 2.24) is 5.32 Å². The Hall–Kier alpha value is -4.50. The molecule has 2 heterocycles. The van der Waals surface area contributed by atoms with Gasteiger partial charge in [0.2, 0.25) is 11.8 Å². The number of carboxylic acids is 1. The number of phenolic OH excluding ortho intramolecular Hbond substituents is 2. The van der Waals surface area contributed by atoms with Gasteiger partial charge in [-0.1, -0.05) is 24.3 Å². The minimum atomic E-state index is -1.84. The summed E-state index contributed by atoms with van der Waals surface area (Å²) in [5.74, 6) is -4.82. The number of imide groups is 1. The molecule has 3 aromatic rings. The molecule has 200 valence electrons. The van der Waals surface area contributed by atoms with Crippen molar-refractivity contribution in [3.05, 3.63) is 88.5 Å². The highest BCUT2D eigenvalue weighted by Gasteiger charge is 2.68. The van der Waals surface area contributed by atoms with Crippen LogP contribution in [-0.4, -0.2) is 44.4 Å². The Morgan fingerprint density at radius 2 is 1.51 bits per heavy atom. The van der Waals surface area contributed by atoms with Crippen LogP contribution in [-0.2, 0) is 20.8 Å². The van der Waals surface area contributed by atoms with Gasteiger partial charge in [-0.15, -0.1) is 0 Å². The molecule has 2 aliphatic rings. The van der Waals surface area contributed by atoms with Crippen LogP contribution in [0.2, 0.25) is 0 Å². The molecule has 0 aromatic heterocycles. The molecule has 9 nitrogen and oxygen atoms in total. The maximum atomic E-state index is 14.0. The minimum absolute atomic E-state index is 0.0145. The molecule has 39 heavy (non-hydrogen) atoms. The van der Waals surface area contributed by atoms with Crippen LogP contribution in [0.5, 0.6) is 11.5 Å². The van der Waals surface area contributed by atoms with E-state index in [4.69, 9.17) is 0 Å². The number of carbonyl (C=O) groups excluding carboxylic acids is 3. The highest BCUT2D eigenvalue weighted by atomic mass is 16.4. The zero-order chi connectivity index (χ0) is 28.2. The van der Waals surface area contributed by atoms with E-state index < -0.39 is 41.2 Å². The lowest BCUT2D eigenvalue weighted by molar-refractivity contribution is -0.148. The first kappa shape index (κ1) is 26.1. The van der Waals surface area contributed by atoms with Crippen LogP contribution in [0.1, 0.15) is 45.6 Å². The predicted molar refractivity (Wildman–Crippen MR) is 142 cm³/mol. The van der Waals surface area contributed by atoms with Crippen molar-refractivity contribution in [3.8, 4) is 11.5 Å². The molecule has 3 aromatic carbocycles. The normalized spacial score (nSPS) is 24.2. The second-order valence-corrected chi connectivity index (χ2v) is 10.4. The third kappa shape index (κ3) is 4.15. The lowest BCUT2D eigenvalue weighted by atomic mass is 9.76. The third-order valence-corrected chi connectivity index (χ3v) is 7.86. The van der Waals surface area contributed by atoms with Crippen molar-refractivity contribution in [1.29, 1.82) is 0 Å². The Labute approximate surface area is 224 Å². The first-order valence-electron chi connectivity index (χ1n) is 12.5. The van der Waals surface area contributed by atoms with Gasteiger partial charge in [0.05, 0.1) is 17.5 Å². The average Bonchev–Trinajstić information content (AvgIpc) is 3.37. The van der Waals surface area contributed by atoms with Gasteiger partial charge >= 0.3 is 5.97 Å². The molecule has 2 fully saturated rings. The third-order valence-electron chi connectivity index (χ3n) is 7.86. The molecular weight excluding hydrogens is 500 g/mol. The molecule has 0 spiro atoms. The molecule has 0 aliphatic carbocycles. The van der Waals surface area contributed by atoms with E-state index in [0.29, 0.717) is 27.8 Å². The van der Waals surface area contributed by atoms with E-state index in [1.807, 2.05) is 0 Å². The number of carbonyl (C=O) groups is 4. The summed E-state index contributed by atoms with van der Waals surface area (Å²) < 4.78 is 0. The van der Waals surface area contributed by atoms with Crippen LogP contribution >= 0.6 is 0 Å². The van der Waals surface area contributed by atoms with E-state index in [0.717, 1.165) is 4.90 Å². The van der Waals surface area contributed by atoms with E-state index >= 15 is 0 Å². The first-order chi connectivity index (χ1) is 18.4. The van der Waals surface area contributed by atoms with E-state index in [9.17, 15) is 34.5 Å². The van der Waals surface area contributed by atoms with E-state index in [-0.39, 0.29) is 29.4 Å². The lowest BCUT2D eigenvalue weighted by Gasteiger charge is -2.31. The van der Waals surface area contributed by atoms with Gasteiger partial charge in [0.1, 0.15) is 17.0 Å². The Morgan fingerprint density at radius 3 is 2.05 bits per heavy atom. The Balaban J connectivity index is 1.66. The molecule has 4 unspecified atom stereocenters. The van der Waals surface area contributed by atoms with Gasteiger partial charge in [0, 0.05) is 18.0 Å². The highest BCUT2D eigenvalue weighted by molar-refractivity contribution is 6.24. The molecule has 0 saturated carbocycles. The van der Waals surface area contributed by atoms with Gasteiger partial charge < -0.3 is 15.3 Å². The number of aliphatic carboxylic acids is 1. The number of phenols is 2. The monoisotopic (exact) mass is 528 g/mol. The predicted octanol–water partition coefficient (Wildman–Crippen LogP) is 3.43. The van der Waals surface area contributed by atoms with E-state index in [1.54, 1.807) is 38.1 Å². The summed E-state index contributed by atoms with van der Waals surface area (Å²) in [5, 5.41) is 33.8. The molecule has 4 N–H and O–H groups in total. The molecular formula is C30H28N2O7. The summed E-state index contributed by atoms with van der Waals surface area (Å²) in [6.45, 7) is 4.83. The quantitative estimate of drug-likeness (QED) is 0.281. The second kappa shape index (κ2) is 9.36. The maximum absolute atomic E-state index is 14.0. The molecule has 9 heteroatoms. The number of ketones is 1. The first-order valence-corrected chi connectivity index (χ1v) is 12.5. The number of nitrogens with one attached hydrogen (secondary N) is 1. The number of benzene rings is 3. The van der Waals surface area contributed by atoms with E-state index in [1.165, 1.54) is 43.3 Å². The maximum Gasteiger partial charge on any atom is 0.325 e. The smallest absolute Gasteiger partial charge is 0.325 e. The van der Waals surface area contributed by atoms with Crippen LogP contribution in [0.3, 0.4) is 0 Å². The minimum Gasteiger partial charge on any atom is -0.508 e. The fraction of sp³-hybridized carbons (Fsp3) is 0.267. The SMILES string of the molecule is CC(=O)c1ccc(N2C(=O)C3C(c4cc(C)c(O)c(C)c4)NC(Cc4ccc(O)cc4)(C(=O)O)C3C2=O)cc1. The van der Waals surface area contributed by atoms with Gasteiger partial charge in [-0.3, -0.25) is 24.5 Å². The van der Waals surface area contributed by atoms with Crippen molar-refractivity contribution >= 4 is 29.3 Å². The zero-order valence-electron chi connectivity index (χ0n) is 21.6. The number of carboxylic acid groups (broad SMARTS) is 1. The Kier molecular flexibility index (Phi) is 6.27. The number of aromatic hydroxyl groups is 2. The van der Waals surface area contributed by atoms with Crippen LogP contribution < -0.4 is 10.2 Å². The van der Waals surface area contributed by atoms with Crippen molar-refractivity contribution < 1.29 is 34.5 Å². The standard InChI is InChI=1S/C30H28N2O7/c1-15-12-20(13-16(2)26(15)35)25-23-24(30(31-25,29(38)39)14-18-4-10-22(34)11-5-18)28(37)32(27(23)36)21-8-6-19(7-9-21)17(3)33/h4-13,23-25,31,34-35H,14H2,1-3H3,(H,38,39). The fourth-order valence-electron chi connectivity index (χ4n) is 5.93. The molecule has 2 amide bonds. The summed E-state index contributed by atoms with van der Waals surface area (Å²) in [7, 11) is 0. The van der Waals surface area contributed by atoms with E-state index in [2.05, 4.69) is 5.32 Å². The van der Waals surface area contributed by atoms with Gasteiger partial charge in [-0.05, 0) is 79.4 Å². The van der Waals surface area contributed by atoms with Crippen LogP contribution in [0.4, 0.5) is 5.69 Å². The van der Waals surface area contributed by atoms with Gasteiger partial charge in [-0.2, -0.15) is 0 Å². The summed E-state index contributed by atoms with van der Waals surface area (Å²) in [4.78, 5) is 53.8. The van der Waals surface area contributed by atoms with Crippen molar-refractivity contribution in [2.45, 2.75) is 38.8 Å². The highest BCUT2D eigenvalue weighted by Crippen LogP contribution is 2.51. The van der Waals surface area contributed by atoms with Gasteiger partial charge in [-0.25, -0.2) is 4.90 Å². The topological polar surface area (TPSA) is 144 Å². The largest absolute Gasteiger partial charge is 0.508 e. The second-order valence-electron chi connectivity index (χ2n) is 10.4. The number of anilines is 1. The Bertz CT molecular complexity index is 1490. The number of aryl methyl sites for hydroxylation is 2.